The summed E-state index contributed by atoms with van der Waals surface area (Å²) in [6.45, 7) is 12.4. The highest BCUT2D eigenvalue weighted by atomic mass is 35.5. The molecule has 4 aromatic rings. The van der Waals surface area contributed by atoms with Crippen LogP contribution in [0, 0.1) is 0 Å². The first-order valence-electron chi connectivity index (χ1n) is 16.2. The molecule has 0 aliphatic carbocycles. The van der Waals surface area contributed by atoms with Crippen LogP contribution in [0.1, 0.15) is 40.5 Å². The molecule has 0 spiro atoms. The minimum absolute atomic E-state index is 0.284. The predicted molar refractivity (Wildman–Crippen MR) is 193 cm³/mol. The third kappa shape index (κ3) is 6.43. The van der Waals surface area contributed by atoms with Gasteiger partial charge in [0.25, 0.3) is 0 Å². The van der Waals surface area contributed by atoms with Gasteiger partial charge in [-0.3, -0.25) is 9.36 Å². The van der Waals surface area contributed by atoms with Crippen LogP contribution in [-0.4, -0.2) is 86.1 Å². The molecule has 9 heterocycles. The van der Waals surface area contributed by atoms with Crippen molar-refractivity contribution in [2.45, 2.75) is 63.8 Å². The standard InChI is InChI=1S/C13H14ClN5.C10H17BN2O2.C9H9Cl2N3/c1-18-6-8(5-15-18)12-10(14)4-11-13(17-12)16-9-2-3-19(11)7-9;1-9(2)10(3,4)15-11(14-9)8-6-12-13(5)7-8;10-6-3-7-9(13-8(6)11)12-5-1-2-14(7)4-5/h4-6,9H,2-3,7H2,1H3,(H,16,17);6-7H,1-5H3;3,5H,1-2,4H2,(H,12,13)/t9-;;5-/m0.0/s1. The lowest BCUT2D eigenvalue weighted by Gasteiger charge is -2.32. The maximum atomic E-state index is 6.39. The molecule has 5 aliphatic rings. The monoisotopic (exact) mass is 712 g/mol. The number of rotatable bonds is 2. The molecule has 9 rings (SSSR count). The van der Waals surface area contributed by atoms with Gasteiger partial charge in [0.2, 0.25) is 0 Å². The third-order valence-electron chi connectivity index (χ3n) is 9.84. The minimum Gasteiger partial charge on any atom is -0.399 e. The number of nitrogens with one attached hydrogen (secondary N) is 2. The number of halogens is 3. The van der Waals surface area contributed by atoms with Crippen molar-refractivity contribution in [1.82, 2.24) is 29.5 Å². The quantitative estimate of drug-likeness (QED) is 0.211. The van der Waals surface area contributed by atoms with Crippen molar-refractivity contribution >= 4 is 70.4 Å². The summed E-state index contributed by atoms with van der Waals surface area (Å²) < 4.78 is 15.3. The van der Waals surface area contributed by atoms with Gasteiger partial charge < -0.3 is 29.7 Å². The first kappa shape index (κ1) is 33.3. The molecule has 0 unspecified atom stereocenters. The van der Waals surface area contributed by atoms with Gasteiger partial charge in [-0.2, -0.15) is 10.2 Å². The lowest BCUT2D eigenvalue weighted by Crippen LogP contribution is -2.41. The molecule has 0 amide bonds. The van der Waals surface area contributed by atoms with E-state index in [1.54, 1.807) is 21.8 Å². The number of pyridine rings is 2. The molecule has 0 saturated carbocycles. The van der Waals surface area contributed by atoms with E-state index in [0.29, 0.717) is 27.3 Å². The van der Waals surface area contributed by atoms with Crippen LogP contribution in [0.3, 0.4) is 0 Å². The van der Waals surface area contributed by atoms with Crippen LogP contribution in [-0.2, 0) is 23.4 Å². The van der Waals surface area contributed by atoms with Crippen LogP contribution in [0.25, 0.3) is 11.3 Å². The van der Waals surface area contributed by atoms with Crippen molar-refractivity contribution < 1.29 is 9.31 Å². The number of fused-ring (bicyclic) bond motifs is 8. The highest BCUT2D eigenvalue weighted by molar-refractivity contribution is 6.62. The fraction of sp³-hybridized carbons (Fsp3) is 0.500. The van der Waals surface area contributed by atoms with Crippen LogP contribution in [0.5, 0.6) is 0 Å². The molecule has 48 heavy (non-hydrogen) atoms. The average Bonchev–Trinajstić information content (AvgIpc) is 3.85. The van der Waals surface area contributed by atoms with Gasteiger partial charge in [0.15, 0.2) is 11.6 Å². The largest absolute Gasteiger partial charge is 0.498 e. The Hall–Kier alpha value is -3.23. The Kier molecular flexibility index (Phi) is 8.73. The summed E-state index contributed by atoms with van der Waals surface area (Å²) in [4.78, 5) is 13.6. The zero-order chi connectivity index (χ0) is 34.0. The van der Waals surface area contributed by atoms with Crippen LogP contribution in [0.4, 0.5) is 23.0 Å². The maximum Gasteiger partial charge on any atom is 0.498 e. The van der Waals surface area contributed by atoms with Crippen LogP contribution < -0.4 is 25.9 Å². The molecule has 4 bridgehead atoms. The topological polar surface area (TPSA) is 110 Å². The summed E-state index contributed by atoms with van der Waals surface area (Å²) in [5.41, 5.74) is 4.34. The fourth-order valence-electron chi connectivity index (χ4n) is 6.50. The molecule has 4 aromatic heterocycles. The van der Waals surface area contributed by atoms with E-state index in [2.05, 4.69) is 35.6 Å². The molecule has 12 nitrogen and oxygen atoms in total. The normalized spacial score (nSPS) is 22.1. The van der Waals surface area contributed by atoms with Crippen molar-refractivity contribution in [2.24, 2.45) is 14.1 Å². The number of aryl methyl sites for hydroxylation is 2. The summed E-state index contributed by atoms with van der Waals surface area (Å²) >= 11 is 18.2. The Morgan fingerprint density at radius 2 is 1.31 bits per heavy atom. The lowest BCUT2D eigenvalue weighted by atomic mass is 9.82. The fourth-order valence-corrected chi connectivity index (χ4v) is 7.04. The van der Waals surface area contributed by atoms with Gasteiger partial charge >= 0.3 is 7.12 Å². The molecule has 0 aromatic carbocycles. The smallest absolute Gasteiger partial charge is 0.399 e. The van der Waals surface area contributed by atoms with Gasteiger partial charge in [-0.05, 0) is 52.7 Å². The molecule has 2 atom stereocenters. The second kappa shape index (κ2) is 12.6. The molecule has 16 heteroatoms. The van der Waals surface area contributed by atoms with Gasteiger partial charge in [-0.15, -0.1) is 0 Å². The molecule has 254 valence electrons. The van der Waals surface area contributed by atoms with Crippen LogP contribution in [0.15, 0.2) is 36.9 Å². The van der Waals surface area contributed by atoms with Gasteiger partial charge in [0, 0.05) is 82.0 Å². The van der Waals surface area contributed by atoms with E-state index in [1.807, 2.05) is 66.3 Å². The highest BCUT2D eigenvalue weighted by Crippen LogP contribution is 2.40. The van der Waals surface area contributed by atoms with E-state index >= 15 is 0 Å². The summed E-state index contributed by atoms with van der Waals surface area (Å²) in [6.07, 6.45) is 9.74. The van der Waals surface area contributed by atoms with E-state index in [1.165, 1.54) is 0 Å². The number of aromatic nitrogens is 6. The molecule has 5 aliphatic heterocycles. The van der Waals surface area contributed by atoms with Crippen molar-refractivity contribution in [3.63, 3.8) is 0 Å². The Labute approximate surface area is 296 Å². The molecule has 2 N–H and O–H groups in total. The molecular formula is C32H40BCl3N10O2. The van der Waals surface area contributed by atoms with Crippen molar-refractivity contribution in [2.75, 3.05) is 46.6 Å². The van der Waals surface area contributed by atoms with Gasteiger partial charge in [-0.25, -0.2) is 9.97 Å². The predicted octanol–water partition coefficient (Wildman–Crippen LogP) is 5.25. The maximum absolute atomic E-state index is 6.39. The molecule has 3 fully saturated rings. The number of hydrogen-bond donors (Lipinski definition) is 2. The minimum atomic E-state index is -0.302. The number of nitrogens with zero attached hydrogens (tertiary/aromatic N) is 8. The summed E-state index contributed by atoms with van der Waals surface area (Å²) in [5, 5.41) is 16.7. The summed E-state index contributed by atoms with van der Waals surface area (Å²) in [7, 11) is 3.47. The highest BCUT2D eigenvalue weighted by Gasteiger charge is 2.52. The van der Waals surface area contributed by atoms with E-state index in [0.717, 1.165) is 78.8 Å². The van der Waals surface area contributed by atoms with Gasteiger partial charge in [0.05, 0.1) is 44.5 Å². The Morgan fingerprint density at radius 1 is 0.771 bits per heavy atom. The number of hydrogen-bond acceptors (Lipinski definition) is 10. The Morgan fingerprint density at radius 3 is 1.85 bits per heavy atom. The van der Waals surface area contributed by atoms with E-state index in [-0.39, 0.29) is 18.3 Å². The van der Waals surface area contributed by atoms with Crippen LogP contribution >= 0.6 is 34.8 Å². The second-order valence-electron chi connectivity index (χ2n) is 13.9. The first-order valence-corrected chi connectivity index (χ1v) is 17.3. The van der Waals surface area contributed by atoms with Gasteiger partial charge in [-0.1, -0.05) is 34.8 Å². The van der Waals surface area contributed by atoms with Crippen molar-refractivity contribution in [1.29, 1.82) is 0 Å². The molecule has 0 radical (unpaired) electrons. The lowest BCUT2D eigenvalue weighted by molar-refractivity contribution is 0.00578. The Balaban J connectivity index is 0.000000116. The first-order chi connectivity index (χ1) is 22.8. The summed E-state index contributed by atoms with van der Waals surface area (Å²) in [5.74, 6) is 1.81. The second-order valence-corrected chi connectivity index (χ2v) is 15.1. The van der Waals surface area contributed by atoms with Gasteiger partial charge in [0.1, 0.15) is 5.15 Å². The van der Waals surface area contributed by atoms with Crippen molar-refractivity contribution in [3.05, 3.63) is 52.1 Å². The average molecular weight is 714 g/mol. The number of anilines is 4. The zero-order valence-corrected chi connectivity index (χ0v) is 30.2. The van der Waals surface area contributed by atoms with E-state index in [9.17, 15) is 0 Å². The van der Waals surface area contributed by atoms with Crippen LogP contribution in [0.2, 0.25) is 15.2 Å². The van der Waals surface area contributed by atoms with E-state index in [4.69, 9.17) is 49.1 Å². The van der Waals surface area contributed by atoms with E-state index < -0.39 is 0 Å². The zero-order valence-electron chi connectivity index (χ0n) is 28.0. The van der Waals surface area contributed by atoms with Crippen molar-refractivity contribution in [3.8, 4) is 11.3 Å². The molecular weight excluding hydrogens is 674 g/mol. The Bertz CT molecular complexity index is 1820. The SMILES string of the molecule is Clc1cc2c(nc1Cl)N[C@H]1CCN2C1.Cn1cc(-c2nc3c(cc2Cl)N2CC[C@@H](C2)N3)cn1.Cn1cc(B2OC(C)(C)C(C)(C)O2)cn1. The third-order valence-corrected chi connectivity index (χ3v) is 10.8. The molecule has 3 saturated heterocycles. The summed E-state index contributed by atoms with van der Waals surface area (Å²) in [6, 6.07) is 4.94.